The lowest BCUT2D eigenvalue weighted by atomic mass is 10.3. The summed E-state index contributed by atoms with van der Waals surface area (Å²) in [6.45, 7) is 2.38. The molecule has 0 saturated heterocycles. The van der Waals surface area contributed by atoms with Crippen molar-refractivity contribution in [2.45, 2.75) is 13.5 Å². The summed E-state index contributed by atoms with van der Waals surface area (Å²) in [4.78, 5) is 7.07. The van der Waals surface area contributed by atoms with Gasteiger partial charge < -0.3 is 10.3 Å². The van der Waals surface area contributed by atoms with Gasteiger partial charge in [-0.2, -0.15) is 0 Å². The summed E-state index contributed by atoms with van der Waals surface area (Å²) < 4.78 is 13.3. The maximum Gasteiger partial charge on any atom is 0.146 e. The van der Waals surface area contributed by atoms with E-state index in [0.717, 1.165) is 11.4 Å². The van der Waals surface area contributed by atoms with Crippen LogP contribution in [0.3, 0.4) is 0 Å². The zero-order chi connectivity index (χ0) is 11.5. The van der Waals surface area contributed by atoms with Crippen molar-refractivity contribution in [1.82, 2.24) is 9.97 Å². The molecule has 0 fully saturated rings. The number of halogens is 2. The highest BCUT2D eigenvalue weighted by atomic mass is 35.5. The van der Waals surface area contributed by atoms with Crippen LogP contribution in [-0.2, 0) is 6.54 Å². The number of aromatic amines is 1. The topological polar surface area (TPSA) is 40.7 Å². The van der Waals surface area contributed by atoms with Gasteiger partial charge in [0.1, 0.15) is 5.82 Å². The third-order valence-corrected chi connectivity index (χ3v) is 2.54. The lowest BCUT2D eigenvalue weighted by Gasteiger charge is -2.06. The van der Waals surface area contributed by atoms with Gasteiger partial charge >= 0.3 is 0 Å². The van der Waals surface area contributed by atoms with Gasteiger partial charge in [0.05, 0.1) is 24.3 Å². The van der Waals surface area contributed by atoms with E-state index in [-0.39, 0.29) is 5.82 Å². The SMILES string of the molecule is Cc1[nH]cnc1CNc1cc(Cl)ccc1F. The van der Waals surface area contributed by atoms with Gasteiger partial charge in [0, 0.05) is 10.7 Å². The second kappa shape index (κ2) is 4.53. The molecule has 0 bridgehead atoms. The summed E-state index contributed by atoms with van der Waals surface area (Å²) in [5, 5.41) is 3.46. The number of imidazole rings is 1. The van der Waals surface area contributed by atoms with Crippen LogP contribution in [0.5, 0.6) is 0 Å². The maximum absolute atomic E-state index is 13.3. The Kier molecular flexibility index (Phi) is 3.10. The molecule has 0 saturated carbocycles. The molecule has 3 nitrogen and oxygen atoms in total. The number of benzene rings is 1. The van der Waals surface area contributed by atoms with Crippen LogP contribution in [0.1, 0.15) is 11.4 Å². The third-order valence-electron chi connectivity index (χ3n) is 2.31. The van der Waals surface area contributed by atoms with Crippen molar-refractivity contribution >= 4 is 17.3 Å². The Hall–Kier alpha value is -1.55. The number of nitrogens with zero attached hydrogens (tertiary/aromatic N) is 1. The highest BCUT2D eigenvalue weighted by Gasteiger charge is 2.04. The number of hydrogen-bond donors (Lipinski definition) is 2. The monoisotopic (exact) mass is 239 g/mol. The van der Waals surface area contributed by atoms with Gasteiger partial charge in [0.25, 0.3) is 0 Å². The van der Waals surface area contributed by atoms with Gasteiger partial charge in [-0.05, 0) is 25.1 Å². The first-order valence-electron chi connectivity index (χ1n) is 4.84. The van der Waals surface area contributed by atoms with Gasteiger partial charge in [-0.25, -0.2) is 9.37 Å². The summed E-state index contributed by atoms with van der Waals surface area (Å²) >= 11 is 5.78. The summed E-state index contributed by atoms with van der Waals surface area (Å²) in [5.41, 5.74) is 2.21. The Balaban J connectivity index is 2.10. The van der Waals surface area contributed by atoms with Gasteiger partial charge in [-0.15, -0.1) is 0 Å². The largest absolute Gasteiger partial charge is 0.377 e. The number of nitrogens with one attached hydrogen (secondary N) is 2. The fourth-order valence-electron chi connectivity index (χ4n) is 1.38. The Bertz CT molecular complexity index is 496. The van der Waals surface area contributed by atoms with Crippen LogP contribution in [0.15, 0.2) is 24.5 Å². The molecule has 2 rings (SSSR count). The zero-order valence-corrected chi connectivity index (χ0v) is 9.48. The van der Waals surface area contributed by atoms with Crippen molar-refractivity contribution < 1.29 is 4.39 Å². The lowest BCUT2D eigenvalue weighted by molar-refractivity contribution is 0.630. The van der Waals surface area contributed by atoms with Crippen molar-refractivity contribution in [3.63, 3.8) is 0 Å². The Labute approximate surface area is 97.7 Å². The van der Waals surface area contributed by atoms with Crippen molar-refractivity contribution in [1.29, 1.82) is 0 Å². The van der Waals surface area contributed by atoms with Crippen molar-refractivity contribution in [3.8, 4) is 0 Å². The van der Waals surface area contributed by atoms with Crippen LogP contribution in [0.25, 0.3) is 0 Å². The molecule has 1 aromatic carbocycles. The Morgan fingerprint density at radius 3 is 3.00 bits per heavy atom. The molecular formula is C11H11ClFN3. The van der Waals surface area contributed by atoms with E-state index < -0.39 is 0 Å². The van der Waals surface area contributed by atoms with E-state index in [1.54, 1.807) is 12.4 Å². The van der Waals surface area contributed by atoms with Crippen molar-refractivity contribution in [2.75, 3.05) is 5.32 Å². The zero-order valence-electron chi connectivity index (χ0n) is 8.72. The van der Waals surface area contributed by atoms with Gasteiger partial charge in [-0.1, -0.05) is 11.6 Å². The predicted octanol–water partition coefficient (Wildman–Crippen LogP) is 3.12. The molecule has 84 valence electrons. The molecule has 0 spiro atoms. The molecule has 0 aliphatic rings. The number of aromatic nitrogens is 2. The maximum atomic E-state index is 13.3. The molecule has 5 heteroatoms. The van der Waals surface area contributed by atoms with Gasteiger partial charge in [0.2, 0.25) is 0 Å². The van der Waals surface area contributed by atoms with Crippen molar-refractivity contribution in [3.05, 3.63) is 46.8 Å². The van der Waals surface area contributed by atoms with Crippen LogP contribution < -0.4 is 5.32 Å². The molecule has 0 atom stereocenters. The van der Waals surface area contributed by atoms with E-state index in [1.165, 1.54) is 12.1 Å². The molecule has 1 aromatic heterocycles. The summed E-state index contributed by atoms with van der Waals surface area (Å²) in [5.74, 6) is -0.322. The van der Waals surface area contributed by atoms with E-state index in [0.29, 0.717) is 17.3 Å². The second-order valence-electron chi connectivity index (χ2n) is 3.45. The molecule has 0 aliphatic carbocycles. The molecule has 0 unspecified atom stereocenters. The molecule has 1 heterocycles. The second-order valence-corrected chi connectivity index (χ2v) is 3.89. The number of hydrogen-bond acceptors (Lipinski definition) is 2. The first-order valence-corrected chi connectivity index (χ1v) is 5.22. The van der Waals surface area contributed by atoms with E-state index in [9.17, 15) is 4.39 Å². The van der Waals surface area contributed by atoms with Crippen LogP contribution in [0, 0.1) is 12.7 Å². The van der Waals surface area contributed by atoms with Gasteiger partial charge in [0.15, 0.2) is 0 Å². The summed E-state index contributed by atoms with van der Waals surface area (Å²) in [6, 6.07) is 4.41. The highest BCUT2D eigenvalue weighted by molar-refractivity contribution is 6.30. The molecule has 16 heavy (non-hydrogen) atoms. The number of rotatable bonds is 3. The molecule has 0 radical (unpaired) electrons. The fourth-order valence-corrected chi connectivity index (χ4v) is 1.55. The van der Waals surface area contributed by atoms with E-state index in [4.69, 9.17) is 11.6 Å². The lowest BCUT2D eigenvalue weighted by Crippen LogP contribution is -2.03. The average Bonchev–Trinajstić information content (AvgIpc) is 2.66. The van der Waals surface area contributed by atoms with E-state index >= 15 is 0 Å². The minimum Gasteiger partial charge on any atom is -0.377 e. The van der Waals surface area contributed by atoms with E-state index in [2.05, 4.69) is 15.3 Å². The first kappa shape index (κ1) is 11.0. The van der Waals surface area contributed by atoms with Crippen LogP contribution in [-0.4, -0.2) is 9.97 Å². The minimum absolute atomic E-state index is 0.322. The van der Waals surface area contributed by atoms with E-state index in [1.807, 2.05) is 6.92 Å². The van der Waals surface area contributed by atoms with Crippen molar-refractivity contribution in [2.24, 2.45) is 0 Å². The fraction of sp³-hybridized carbons (Fsp3) is 0.182. The van der Waals surface area contributed by atoms with Gasteiger partial charge in [-0.3, -0.25) is 0 Å². The highest BCUT2D eigenvalue weighted by Crippen LogP contribution is 2.20. The normalized spacial score (nSPS) is 10.4. The smallest absolute Gasteiger partial charge is 0.146 e. The number of H-pyrrole nitrogens is 1. The minimum atomic E-state index is -0.322. The Morgan fingerprint density at radius 2 is 2.31 bits per heavy atom. The summed E-state index contributed by atoms with van der Waals surface area (Å²) in [7, 11) is 0. The number of aryl methyl sites for hydroxylation is 1. The Morgan fingerprint density at radius 1 is 1.50 bits per heavy atom. The van der Waals surface area contributed by atoms with Crippen LogP contribution in [0.2, 0.25) is 5.02 Å². The third kappa shape index (κ3) is 2.33. The quantitative estimate of drug-likeness (QED) is 0.864. The standard InChI is InChI=1S/C11H11ClFN3/c1-7-11(16-6-15-7)5-14-10-4-8(12)2-3-9(10)13/h2-4,6,14H,5H2,1H3,(H,15,16). The molecule has 0 amide bonds. The first-order chi connectivity index (χ1) is 7.66. The van der Waals surface area contributed by atoms with Crippen LogP contribution >= 0.6 is 11.6 Å². The van der Waals surface area contributed by atoms with Crippen LogP contribution in [0.4, 0.5) is 10.1 Å². The summed E-state index contributed by atoms with van der Waals surface area (Å²) in [6.07, 6.45) is 1.61. The predicted molar refractivity (Wildman–Crippen MR) is 62.1 cm³/mol. The molecule has 2 aromatic rings. The molecular weight excluding hydrogens is 229 g/mol. The molecule has 2 N–H and O–H groups in total. The average molecular weight is 240 g/mol. The molecule has 0 aliphatic heterocycles. The number of anilines is 1.